The number of carbonyl (C=O) groups excluding carboxylic acids is 1. The Balaban J connectivity index is 2.16. The second-order valence-corrected chi connectivity index (χ2v) is 4.13. The summed E-state index contributed by atoms with van der Waals surface area (Å²) in [6.45, 7) is 0. The third-order valence-corrected chi connectivity index (χ3v) is 3.36. The van der Waals surface area contributed by atoms with Crippen molar-refractivity contribution in [1.82, 2.24) is 0 Å². The van der Waals surface area contributed by atoms with E-state index in [1.165, 1.54) is 6.42 Å². The monoisotopic (exact) mass is 168 g/mol. The minimum absolute atomic E-state index is 0.00810. The molecule has 3 atom stereocenters. The smallest absolute Gasteiger partial charge is 0.141 e. The Labute approximate surface area is 73.0 Å². The second kappa shape index (κ2) is 3.17. The average molecular weight is 168 g/mol. The number of hydrogen-bond acceptors (Lipinski definition) is 2. The van der Waals surface area contributed by atoms with E-state index in [0.717, 1.165) is 32.1 Å². The van der Waals surface area contributed by atoms with Crippen molar-refractivity contribution in [1.29, 1.82) is 0 Å². The first-order valence-corrected chi connectivity index (χ1v) is 5.01. The molecule has 12 heavy (non-hydrogen) atoms. The van der Waals surface area contributed by atoms with Crippen molar-refractivity contribution in [3.8, 4) is 0 Å². The molecule has 2 aliphatic rings. The lowest BCUT2D eigenvalue weighted by Gasteiger charge is -2.29. The highest BCUT2D eigenvalue weighted by molar-refractivity contribution is 5.84. The van der Waals surface area contributed by atoms with Crippen LogP contribution in [-0.2, 0) is 4.79 Å². The lowest BCUT2D eigenvalue weighted by Crippen LogP contribution is -2.36. The summed E-state index contributed by atoms with van der Waals surface area (Å²) in [5.41, 5.74) is 0. The summed E-state index contributed by atoms with van der Waals surface area (Å²) in [6, 6.07) is 0. The molecule has 68 valence electrons. The molecule has 0 heterocycles. The van der Waals surface area contributed by atoms with E-state index in [0.29, 0.717) is 11.7 Å². The summed E-state index contributed by atoms with van der Waals surface area (Å²) in [6.07, 6.45) is 5.76. The van der Waals surface area contributed by atoms with Crippen LogP contribution in [0.1, 0.15) is 38.5 Å². The van der Waals surface area contributed by atoms with Crippen LogP contribution in [0.2, 0.25) is 0 Å². The van der Waals surface area contributed by atoms with Gasteiger partial charge >= 0.3 is 0 Å². The third kappa shape index (κ3) is 1.28. The zero-order chi connectivity index (χ0) is 8.55. The molecule has 0 spiro atoms. The highest BCUT2D eigenvalue weighted by atomic mass is 16.3. The summed E-state index contributed by atoms with van der Waals surface area (Å²) in [7, 11) is 0. The van der Waals surface area contributed by atoms with Crippen LogP contribution in [0, 0.1) is 11.8 Å². The number of ketones is 1. The molecule has 2 nitrogen and oxygen atoms in total. The van der Waals surface area contributed by atoms with Crippen molar-refractivity contribution in [2.45, 2.75) is 44.6 Å². The van der Waals surface area contributed by atoms with Gasteiger partial charge in [-0.1, -0.05) is 12.8 Å². The van der Waals surface area contributed by atoms with Crippen LogP contribution in [0.4, 0.5) is 0 Å². The lowest BCUT2D eigenvalue weighted by atomic mass is 9.77. The molecule has 2 aliphatic carbocycles. The molecule has 0 aromatic heterocycles. The third-order valence-electron chi connectivity index (χ3n) is 3.36. The fourth-order valence-corrected chi connectivity index (χ4v) is 2.58. The van der Waals surface area contributed by atoms with Crippen LogP contribution in [-0.4, -0.2) is 17.0 Å². The molecular weight excluding hydrogens is 152 g/mol. The average Bonchev–Trinajstić information content (AvgIpc) is 2.16. The zero-order valence-electron chi connectivity index (χ0n) is 7.33. The van der Waals surface area contributed by atoms with Gasteiger partial charge in [0, 0.05) is 11.8 Å². The predicted octanol–water partition coefficient (Wildman–Crippen LogP) is 1.52. The van der Waals surface area contributed by atoms with Crippen molar-refractivity contribution in [2.24, 2.45) is 11.8 Å². The largest absolute Gasteiger partial charge is 0.392 e. The fraction of sp³-hybridized carbons (Fsp3) is 0.900. The van der Waals surface area contributed by atoms with Crippen LogP contribution in [0.5, 0.6) is 0 Å². The van der Waals surface area contributed by atoms with E-state index in [4.69, 9.17) is 0 Å². The maximum absolute atomic E-state index is 11.7. The van der Waals surface area contributed by atoms with Crippen molar-refractivity contribution in [3.05, 3.63) is 0 Å². The normalized spacial score (nSPS) is 42.4. The quantitative estimate of drug-likeness (QED) is 0.595. The van der Waals surface area contributed by atoms with Crippen molar-refractivity contribution < 1.29 is 9.90 Å². The number of aliphatic hydroxyl groups is 1. The zero-order valence-corrected chi connectivity index (χ0v) is 7.33. The Morgan fingerprint density at radius 3 is 2.67 bits per heavy atom. The molecule has 0 radical (unpaired) electrons. The van der Waals surface area contributed by atoms with Crippen molar-refractivity contribution in [3.63, 3.8) is 0 Å². The van der Waals surface area contributed by atoms with Gasteiger partial charge in [0.25, 0.3) is 0 Å². The first kappa shape index (κ1) is 8.24. The minimum Gasteiger partial charge on any atom is -0.392 e. The van der Waals surface area contributed by atoms with Gasteiger partial charge in [-0.25, -0.2) is 0 Å². The topological polar surface area (TPSA) is 37.3 Å². The highest BCUT2D eigenvalue weighted by Crippen LogP contribution is 2.35. The highest BCUT2D eigenvalue weighted by Gasteiger charge is 2.37. The first-order chi connectivity index (χ1) is 5.79. The standard InChI is InChI=1S/C10H16O2/c11-9-6-5-7-3-1-2-4-8(9)10(7)12/h7-9,11H,1-6H2/t7-,8+,9-/m0/s1. The van der Waals surface area contributed by atoms with Gasteiger partial charge in [-0.15, -0.1) is 0 Å². The van der Waals surface area contributed by atoms with E-state index in [-0.39, 0.29) is 12.0 Å². The fourth-order valence-electron chi connectivity index (χ4n) is 2.58. The van der Waals surface area contributed by atoms with Gasteiger partial charge in [-0.05, 0) is 25.7 Å². The number of Topliss-reactive ketones (excluding diaryl/α,β-unsaturated/α-hetero) is 1. The Bertz CT molecular complexity index is 188. The molecule has 0 aromatic carbocycles. The van der Waals surface area contributed by atoms with Gasteiger partial charge in [-0.2, -0.15) is 0 Å². The molecule has 2 saturated carbocycles. The van der Waals surface area contributed by atoms with E-state index in [2.05, 4.69) is 0 Å². The Morgan fingerprint density at radius 1 is 1.08 bits per heavy atom. The molecule has 0 unspecified atom stereocenters. The summed E-state index contributed by atoms with van der Waals surface area (Å²) in [4.78, 5) is 11.7. The van der Waals surface area contributed by atoms with E-state index < -0.39 is 0 Å². The van der Waals surface area contributed by atoms with Gasteiger partial charge in [-0.3, -0.25) is 4.79 Å². The Hall–Kier alpha value is -0.370. The number of aliphatic hydroxyl groups excluding tert-OH is 1. The molecule has 2 heteroatoms. The number of carbonyl (C=O) groups is 1. The molecule has 0 aromatic rings. The van der Waals surface area contributed by atoms with E-state index in [1.807, 2.05) is 0 Å². The van der Waals surface area contributed by atoms with Crippen LogP contribution in [0.15, 0.2) is 0 Å². The van der Waals surface area contributed by atoms with Crippen LogP contribution in [0.3, 0.4) is 0 Å². The summed E-state index contributed by atoms with van der Waals surface area (Å²) in [5, 5.41) is 9.60. The molecule has 0 aliphatic heterocycles. The predicted molar refractivity (Wildman–Crippen MR) is 45.7 cm³/mol. The van der Waals surface area contributed by atoms with Crippen molar-refractivity contribution in [2.75, 3.05) is 0 Å². The molecule has 1 N–H and O–H groups in total. The first-order valence-electron chi connectivity index (χ1n) is 5.01. The Kier molecular flexibility index (Phi) is 2.18. The van der Waals surface area contributed by atoms with Crippen LogP contribution >= 0.6 is 0 Å². The molecular formula is C10H16O2. The van der Waals surface area contributed by atoms with Crippen molar-refractivity contribution >= 4 is 5.78 Å². The molecule has 2 rings (SSSR count). The maximum atomic E-state index is 11.7. The summed E-state index contributed by atoms with van der Waals surface area (Å²) < 4.78 is 0. The summed E-state index contributed by atoms with van der Waals surface area (Å²) >= 11 is 0. The maximum Gasteiger partial charge on any atom is 0.141 e. The summed E-state index contributed by atoms with van der Waals surface area (Å²) in [5.74, 6) is 0.637. The van der Waals surface area contributed by atoms with E-state index in [1.54, 1.807) is 0 Å². The van der Waals surface area contributed by atoms with Crippen LogP contribution in [0.25, 0.3) is 0 Å². The van der Waals surface area contributed by atoms with Gasteiger partial charge in [0.05, 0.1) is 6.10 Å². The second-order valence-electron chi connectivity index (χ2n) is 4.13. The van der Waals surface area contributed by atoms with Crippen LogP contribution < -0.4 is 0 Å². The van der Waals surface area contributed by atoms with Gasteiger partial charge < -0.3 is 5.11 Å². The number of hydrogen-bond donors (Lipinski definition) is 1. The van der Waals surface area contributed by atoms with Gasteiger partial charge in [0.2, 0.25) is 0 Å². The van der Waals surface area contributed by atoms with E-state index in [9.17, 15) is 9.90 Å². The molecule has 2 bridgehead atoms. The molecule has 0 amide bonds. The van der Waals surface area contributed by atoms with E-state index >= 15 is 0 Å². The number of fused-ring (bicyclic) bond motifs is 2. The minimum atomic E-state index is -0.327. The van der Waals surface area contributed by atoms with Gasteiger partial charge in [0.15, 0.2) is 0 Å². The number of rotatable bonds is 0. The van der Waals surface area contributed by atoms with Gasteiger partial charge in [0.1, 0.15) is 5.78 Å². The Morgan fingerprint density at radius 2 is 1.83 bits per heavy atom. The SMILES string of the molecule is O=C1[C@H]2CCCC[C@@H]1[C@@H](O)CC2. The lowest BCUT2D eigenvalue weighted by molar-refractivity contribution is -0.134. The molecule has 0 saturated heterocycles. The molecule has 2 fully saturated rings.